The molecule has 0 unspecified atom stereocenters. The predicted octanol–water partition coefficient (Wildman–Crippen LogP) is 6.13. The van der Waals surface area contributed by atoms with Crippen LogP contribution in [0.5, 0.6) is 5.75 Å². The lowest BCUT2D eigenvalue weighted by molar-refractivity contribution is -0.114. The van der Waals surface area contributed by atoms with Crippen molar-refractivity contribution < 1.29 is 14.3 Å². The van der Waals surface area contributed by atoms with E-state index in [1.807, 2.05) is 36.9 Å². The highest BCUT2D eigenvalue weighted by Crippen LogP contribution is 2.32. The van der Waals surface area contributed by atoms with Crippen LogP contribution in [-0.2, 0) is 18.3 Å². The van der Waals surface area contributed by atoms with Crippen LogP contribution in [0.1, 0.15) is 53.7 Å². The number of primary amides is 1. The molecule has 0 radical (unpaired) electrons. The van der Waals surface area contributed by atoms with E-state index in [4.69, 9.17) is 22.1 Å². The minimum absolute atomic E-state index is 0.300. The van der Waals surface area contributed by atoms with Crippen LogP contribution in [-0.4, -0.2) is 52.1 Å². The maximum atomic E-state index is 11.5. The molecule has 8 heteroatoms. The molecule has 4 aromatic rings. The van der Waals surface area contributed by atoms with Gasteiger partial charge in [0.15, 0.2) is 0 Å². The Morgan fingerprint density at radius 3 is 2.37 bits per heavy atom. The van der Waals surface area contributed by atoms with E-state index in [9.17, 15) is 9.59 Å². The van der Waals surface area contributed by atoms with Gasteiger partial charge in [-0.25, -0.2) is 0 Å². The van der Waals surface area contributed by atoms with E-state index in [-0.39, 0.29) is 0 Å². The van der Waals surface area contributed by atoms with Crippen LogP contribution in [0.2, 0.25) is 5.02 Å². The Labute approximate surface area is 246 Å². The Kier molecular flexibility index (Phi) is 9.06. The number of amides is 1. The number of hydrogen-bond donors (Lipinski definition) is 1. The Balaban J connectivity index is 0.000000166. The molecule has 1 saturated carbocycles. The number of Topliss-reactive ketones (excluding diaryl/α,β-unsaturated/α-hetero) is 1. The summed E-state index contributed by atoms with van der Waals surface area (Å²) in [5.41, 5.74) is 10.6. The Bertz CT molecular complexity index is 1540. The second kappa shape index (κ2) is 12.9. The number of likely N-dealkylation sites (tertiary alicyclic amines) is 1. The number of aryl methyl sites for hydroxylation is 3. The van der Waals surface area contributed by atoms with E-state index in [1.165, 1.54) is 57.3 Å². The third-order valence-corrected chi connectivity index (χ3v) is 7.99. The largest absolute Gasteiger partial charge is 0.489 e. The molecular formula is C33H37ClN4O3. The number of fused-ring (bicyclic) bond motifs is 1. The monoisotopic (exact) mass is 572 g/mol. The first-order valence-electron chi connectivity index (χ1n) is 14.3. The first-order chi connectivity index (χ1) is 19.8. The van der Waals surface area contributed by atoms with Gasteiger partial charge in [-0.3, -0.25) is 14.3 Å². The zero-order chi connectivity index (χ0) is 28.9. The van der Waals surface area contributed by atoms with Crippen LogP contribution < -0.4 is 10.5 Å². The fourth-order valence-electron chi connectivity index (χ4n) is 5.25. The number of halogens is 1. The van der Waals surface area contributed by atoms with Gasteiger partial charge in [0.2, 0.25) is 5.78 Å². The van der Waals surface area contributed by atoms with Crippen LogP contribution in [0.15, 0.2) is 60.7 Å². The van der Waals surface area contributed by atoms with Crippen LogP contribution in [0.25, 0.3) is 22.0 Å². The molecule has 1 aromatic heterocycles. The van der Waals surface area contributed by atoms with E-state index >= 15 is 0 Å². The average molecular weight is 573 g/mol. The van der Waals surface area contributed by atoms with Crippen LogP contribution in [0.3, 0.4) is 0 Å². The maximum Gasteiger partial charge on any atom is 0.289 e. The van der Waals surface area contributed by atoms with Crippen molar-refractivity contribution in [3.05, 3.63) is 82.5 Å². The van der Waals surface area contributed by atoms with Crippen molar-refractivity contribution in [1.82, 2.24) is 14.7 Å². The number of ether oxygens (including phenoxy) is 1. The first-order valence-corrected chi connectivity index (χ1v) is 14.7. The zero-order valence-electron chi connectivity index (χ0n) is 23.7. The zero-order valence-corrected chi connectivity index (χ0v) is 24.5. The highest BCUT2D eigenvalue weighted by molar-refractivity contribution is 6.42. The summed E-state index contributed by atoms with van der Waals surface area (Å²) < 4.78 is 7.60. The van der Waals surface area contributed by atoms with Crippen molar-refractivity contribution in [2.45, 2.75) is 51.6 Å². The fourth-order valence-corrected chi connectivity index (χ4v) is 5.50. The van der Waals surface area contributed by atoms with Gasteiger partial charge in [-0.1, -0.05) is 54.1 Å². The average Bonchev–Trinajstić information content (AvgIpc) is 3.55. The topological polar surface area (TPSA) is 90.4 Å². The molecule has 7 nitrogen and oxygen atoms in total. The maximum absolute atomic E-state index is 11.5. The van der Waals surface area contributed by atoms with Crippen LogP contribution in [0, 0.1) is 6.92 Å². The molecule has 41 heavy (non-hydrogen) atoms. The lowest BCUT2D eigenvalue weighted by Gasteiger charge is -2.14. The molecule has 0 bridgehead atoms. The summed E-state index contributed by atoms with van der Waals surface area (Å²) in [4.78, 5) is 25.0. The van der Waals surface area contributed by atoms with Gasteiger partial charge in [0, 0.05) is 18.0 Å². The number of hydrogen-bond acceptors (Lipinski definition) is 5. The van der Waals surface area contributed by atoms with E-state index in [2.05, 4.69) is 28.2 Å². The van der Waals surface area contributed by atoms with E-state index in [0.717, 1.165) is 44.9 Å². The second-order valence-electron chi connectivity index (χ2n) is 10.9. The molecule has 2 heterocycles. The second-order valence-corrected chi connectivity index (χ2v) is 11.4. The predicted molar refractivity (Wildman–Crippen MR) is 164 cm³/mol. The molecule has 1 aliphatic carbocycles. The summed E-state index contributed by atoms with van der Waals surface area (Å²) in [6.45, 7) is 5.77. The number of nitrogens with zero attached hydrogens (tertiary/aromatic N) is 3. The summed E-state index contributed by atoms with van der Waals surface area (Å²) in [5, 5.41) is 6.29. The molecule has 0 spiro atoms. The molecule has 1 aliphatic heterocycles. The molecule has 2 fully saturated rings. The van der Waals surface area contributed by atoms with Gasteiger partial charge in [0.05, 0.1) is 22.3 Å². The summed E-state index contributed by atoms with van der Waals surface area (Å²) >= 11 is 6.27. The van der Waals surface area contributed by atoms with E-state index in [0.29, 0.717) is 11.7 Å². The molecule has 6 rings (SSSR count). The summed E-state index contributed by atoms with van der Waals surface area (Å²) in [7, 11) is 1.91. The van der Waals surface area contributed by atoms with Gasteiger partial charge in [-0.15, -0.1) is 0 Å². The van der Waals surface area contributed by atoms with Crippen molar-refractivity contribution >= 4 is 34.2 Å². The van der Waals surface area contributed by atoms with Gasteiger partial charge in [-0.2, -0.15) is 5.10 Å². The number of nitrogens with two attached hydrogens (primary N) is 1. The number of benzene rings is 3. The van der Waals surface area contributed by atoms with Crippen LogP contribution in [0.4, 0.5) is 0 Å². The third kappa shape index (κ3) is 7.34. The van der Waals surface area contributed by atoms with Gasteiger partial charge in [-0.05, 0) is 100.0 Å². The number of aromatic nitrogens is 2. The Hall–Kier alpha value is -3.68. The molecule has 2 N–H and O–H groups in total. The molecule has 3 aromatic carbocycles. The number of carbonyl (C=O) groups excluding carboxylic acids is 2. The third-order valence-electron chi connectivity index (χ3n) is 7.69. The molecule has 0 atom stereocenters. The normalized spacial score (nSPS) is 15.0. The van der Waals surface area contributed by atoms with Gasteiger partial charge in [0.1, 0.15) is 5.75 Å². The number of ketones is 1. The van der Waals surface area contributed by atoms with E-state index in [1.54, 1.807) is 24.3 Å². The molecular weight excluding hydrogens is 536 g/mol. The quantitative estimate of drug-likeness (QED) is 0.192. The lowest BCUT2D eigenvalue weighted by Crippen LogP contribution is -2.22. The summed E-state index contributed by atoms with van der Waals surface area (Å²) in [6, 6.07) is 19.2. The molecule has 214 valence electrons. The van der Waals surface area contributed by atoms with E-state index < -0.39 is 11.7 Å². The standard InChI is InChI=1S/C17H15N3O2.C16H22ClNO/c1-10-14-8-7-13(9-15(14)20(2)19-10)11-3-5-12(6-4-11)16(21)17(18)22;17-15-12-13(4-3-11-18-9-1-2-10-18)5-8-16(15)19-14-6-7-14/h3-9H,1-2H3,(H2,18,22);5,8,12,14H,1-4,6-7,9-11H2. The fraction of sp³-hybridized carbons (Fsp3) is 0.364. The molecule has 2 aliphatic rings. The molecule has 1 amide bonds. The minimum atomic E-state index is -0.945. The van der Waals surface area contributed by atoms with Crippen LogP contribution >= 0.6 is 11.6 Å². The van der Waals surface area contributed by atoms with Crippen molar-refractivity contribution in [2.24, 2.45) is 12.8 Å². The van der Waals surface area contributed by atoms with Gasteiger partial charge >= 0.3 is 0 Å². The lowest BCUT2D eigenvalue weighted by atomic mass is 10.0. The molecule has 1 saturated heterocycles. The SMILES string of the molecule is Cc1nn(C)c2cc(-c3ccc(C(=O)C(N)=O)cc3)ccc12.Clc1cc(CCCN2CCCC2)ccc1OC1CC1. The van der Waals surface area contributed by atoms with Crippen molar-refractivity contribution in [3.63, 3.8) is 0 Å². The van der Waals surface area contributed by atoms with Crippen molar-refractivity contribution in [2.75, 3.05) is 19.6 Å². The Morgan fingerprint density at radius 1 is 1.00 bits per heavy atom. The highest BCUT2D eigenvalue weighted by atomic mass is 35.5. The van der Waals surface area contributed by atoms with Crippen molar-refractivity contribution in [3.8, 4) is 16.9 Å². The smallest absolute Gasteiger partial charge is 0.289 e. The number of rotatable bonds is 9. The Morgan fingerprint density at radius 2 is 1.71 bits per heavy atom. The van der Waals surface area contributed by atoms with Gasteiger partial charge in [0.25, 0.3) is 5.91 Å². The minimum Gasteiger partial charge on any atom is -0.489 e. The first kappa shape index (κ1) is 28.8. The summed E-state index contributed by atoms with van der Waals surface area (Å²) in [6.07, 6.45) is 7.84. The van der Waals surface area contributed by atoms with Gasteiger partial charge < -0.3 is 15.4 Å². The highest BCUT2D eigenvalue weighted by Gasteiger charge is 2.24. The summed E-state index contributed by atoms with van der Waals surface area (Å²) in [5.74, 6) is -0.767. The number of carbonyl (C=O) groups is 2. The van der Waals surface area contributed by atoms with Crippen molar-refractivity contribution in [1.29, 1.82) is 0 Å².